The molecule has 0 aromatic heterocycles. The van der Waals surface area contributed by atoms with Gasteiger partial charge in [0.2, 0.25) is 0 Å². The van der Waals surface area contributed by atoms with Crippen molar-refractivity contribution in [1.82, 2.24) is 4.90 Å². The number of carbonyl (C=O) groups is 3. The Morgan fingerprint density at radius 3 is 2.46 bits per heavy atom. The number of nitrogens with one attached hydrogen (secondary N) is 1. The van der Waals surface area contributed by atoms with E-state index in [1.165, 1.54) is 43.0 Å². The standard InChI is InChI=1S/C20H23FN2O5/c1-12(22)18(13(2)24)17(25)11-28-20(27)15-4-3-9-23(10-15)19(26)14-5-7-16(21)8-6-14/h5-8,15,22,25H,3-4,9-11H2,1-2H3/b18-17-,22-12?. The highest BCUT2D eigenvalue weighted by Gasteiger charge is 2.30. The fourth-order valence-electron chi connectivity index (χ4n) is 3.14. The largest absolute Gasteiger partial charge is 0.508 e. The van der Waals surface area contributed by atoms with E-state index in [1.807, 2.05) is 0 Å². The summed E-state index contributed by atoms with van der Waals surface area (Å²) in [5, 5.41) is 17.5. The van der Waals surface area contributed by atoms with E-state index < -0.39 is 35.9 Å². The predicted octanol–water partition coefficient (Wildman–Crippen LogP) is 2.66. The third kappa shape index (κ3) is 5.25. The first-order valence-corrected chi connectivity index (χ1v) is 8.90. The molecule has 2 rings (SSSR count). The summed E-state index contributed by atoms with van der Waals surface area (Å²) in [7, 11) is 0. The van der Waals surface area contributed by atoms with Crippen molar-refractivity contribution in [2.45, 2.75) is 26.7 Å². The number of rotatable bonds is 6. The lowest BCUT2D eigenvalue weighted by Gasteiger charge is -2.31. The number of amides is 1. The Kier molecular flexibility index (Phi) is 7.03. The van der Waals surface area contributed by atoms with Crippen molar-refractivity contribution in [1.29, 1.82) is 5.41 Å². The molecule has 150 valence electrons. The second-order valence-electron chi connectivity index (χ2n) is 6.71. The van der Waals surface area contributed by atoms with Gasteiger partial charge < -0.3 is 20.2 Å². The molecule has 1 saturated heterocycles. The van der Waals surface area contributed by atoms with Crippen LogP contribution in [0.1, 0.15) is 37.0 Å². The van der Waals surface area contributed by atoms with Gasteiger partial charge in [-0.05, 0) is 51.0 Å². The highest BCUT2D eigenvalue weighted by Crippen LogP contribution is 2.20. The molecular formula is C20H23FN2O5. The number of carbonyl (C=O) groups excluding carboxylic acids is 3. The molecule has 0 spiro atoms. The Hall–Kier alpha value is -3.03. The number of benzene rings is 1. The zero-order chi connectivity index (χ0) is 20.8. The molecule has 1 aromatic carbocycles. The van der Waals surface area contributed by atoms with Gasteiger partial charge >= 0.3 is 5.97 Å². The maximum Gasteiger partial charge on any atom is 0.311 e. The number of halogens is 1. The average Bonchev–Trinajstić information content (AvgIpc) is 2.65. The molecule has 2 N–H and O–H groups in total. The molecule has 0 aliphatic carbocycles. The average molecular weight is 390 g/mol. The molecule has 1 aliphatic rings. The maximum atomic E-state index is 13.0. The summed E-state index contributed by atoms with van der Waals surface area (Å²) in [5.41, 5.74) is 0.0443. The van der Waals surface area contributed by atoms with Gasteiger partial charge in [0.05, 0.1) is 11.5 Å². The van der Waals surface area contributed by atoms with E-state index in [4.69, 9.17) is 10.1 Å². The van der Waals surface area contributed by atoms with Crippen LogP contribution in [0.2, 0.25) is 0 Å². The first-order chi connectivity index (χ1) is 13.2. The minimum atomic E-state index is -0.589. The summed E-state index contributed by atoms with van der Waals surface area (Å²) in [4.78, 5) is 37.9. The van der Waals surface area contributed by atoms with Crippen molar-refractivity contribution < 1.29 is 28.6 Å². The topological polar surface area (TPSA) is 108 Å². The molecule has 0 radical (unpaired) electrons. The van der Waals surface area contributed by atoms with Crippen molar-refractivity contribution >= 4 is 23.4 Å². The van der Waals surface area contributed by atoms with Crippen molar-refractivity contribution in [2.75, 3.05) is 19.7 Å². The highest BCUT2D eigenvalue weighted by molar-refractivity contribution is 6.19. The lowest BCUT2D eigenvalue weighted by Crippen LogP contribution is -2.43. The molecule has 1 heterocycles. The number of likely N-dealkylation sites (tertiary alicyclic amines) is 1. The number of piperidine rings is 1. The van der Waals surface area contributed by atoms with Crippen LogP contribution in [0.25, 0.3) is 0 Å². The monoisotopic (exact) mass is 390 g/mol. The lowest BCUT2D eigenvalue weighted by atomic mass is 9.97. The molecule has 8 heteroatoms. The van der Waals surface area contributed by atoms with E-state index in [2.05, 4.69) is 0 Å². The van der Waals surface area contributed by atoms with Crippen LogP contribution in [0.5, 0.6) is 0 Å². The number of esters is 1. The van der Waals surface area contributed by atoms with Gasteiger partial charge in [-0.3, -0.25) is 14.4 Å². The van der Waals surface area contributed by atoms with E-state index in [-0.39, 0.29) is 23.7 Å². The Morgan fingerprint density at radius 2 is 1.89 bits per heavy atom. The van der Waals surface area contributed by atoms with E-state index >= 15 is 0 Å². The molecule has 7 nitrogen and oxygen atoms in total. The summed E-state index contributed by atoms with van der Waals surface area (Å²) in [6.45, 7) is 2.70. The summed E-state index contributed by atoms with van der Waals surface area (Å²) in [5.74, 6) is -2.84. The minimum Gasteiger partial charge on any atom is -0.508 e. The first-order valence-electron chi connectivity index (χ1n) is 8.90. The van der Waals surface area contributed by atoms with E-state index in [9.17, 15) is 23.9 Å². The van der Waals surface area contributed by atoms with Crippen molar-refractivity contribution in [3.63, 3.8) is 0 Å². The fourth-order valence-corrected chi connectivity index (χ4v) is 3.14. The molecule has 1 unspecified atom stereocenters. The van der Waals surface area contributed by atoms with Gasteiger partial charge in [-0.25, -0.2) is 4.39 Å². The van der Waals surface area contributed by atoms with Gasteiger partial charge in [-0.15, -0.1) is 0 Å². The molecule has 1 fully saturated rings. The Bertz CT molecular complexity index is 800. The highest BCUT2D eigenvalue weighted by atomic mass is 19.1. The third-order valence-electron chi connectivity index (χ3n) is 4.50. The number of ketones is 1. The van der Waals surface area contributed by atoms with Crippen LogP contribution in [-0.2, 0) is 14.3 Å². The number of aliphatic hydroxyl groups excluding tert-OH is 1. The SMILES string of the molecule is CC(=N)/C(C(C)=O)=C(/O)COC(=O)C1CCCN(C(=O)c2ccc(F)cc2)C1. The minimum absolute atomic E-state index is 0.116. The molecular weight excluding hydrogens is 367 g/mol. The smallest absolute Gasteiger partial charge is 0.311 e. The Balaban J connectivity index is 1.99. The van der Waals surface area contributed by atoms with Crippen molar-refractivity contribution in [2.24, 2.45) is 5.92 Å². The number of aliphatic hydroxyl groups is 1. The van der Waals surface area contributed by atoms with Crippen LogP contribution in [-0.4, -0.2) is 53.1 Å². The van der Waals surface area contributed by atoms with Crippen LogP contribution < -0.4 is 0 Å². The van der Waals surface area contributed by atoms with Crippen LogP contribution in [0.3, 0.4) is 0 Å². The number of hydrogen-bond donors (Lipinski definition) is 2. The number of ether oxygens (including phenoxy) is 1. The second kappa shape index (κ2) is 9.25. The summed E-state index contributed by atoms with van der Waals surface area (Å²) in [6.07, 6.45) is 1.13. The molecule has 28 heavy (non-hydrogen) atoms. The van der Waals surface area contributed by atoms with Gasteiger partial charge in [-0.2, -0.15) is 0 Å². The zero-order valence-electron chi connectivity index (χ0n) is 15.8. The van der Waals surface area contributed by atoms with Crippen LogP contribution >= 0.6 is 0 Å². The van der Waals surface area contributed by atoms with Crippen LogP contribution in [0.4, 0.5) is 4.39 Å². The molecule has 0 bridgehead atoms. The number of Topliss-reactive ketones (excluding diaryl/α,β-unsaturated/α-hetero) is 1. The van der Waals surface area contributed by atoms with Crippen molar-refractivity contribution in [3.8, 4) is 0 Å². The van der Waals surface area contributed by atoms with Crippen LogP contribution in [0, 0.1) is 17.1 Å². The molecule has 1 aliphatic heterocycles. The molecule has 0 saturated carbocycles. The quantitative estimate of drug-likeness (QED) is 0.336. The maximum absolute atomic E-state index is 13.0. The van der Waals surface area contributed by atoms with Gasteiger partial charge in [-0.1, -0.05) is 0 Å². The predicted molar refractivity (Wildman–Crippen MR) is 99.7 cm³/mol. The number of nitrogens with zero attached hydrogens (tertiary/aromatic N) is 1. The molecule has 1 amide bonds. The summed E-state index contributed by atoms with van der Waals surface area (Å²) >= 11 is 0. The fraction of sp³-hybridized carbons (Fsp3) is 0.400. The van der Waals surface area contributed by atoms with Gasteiger partial charge in [0, 0.05) is 24.4 Å². The second-order valence-corrected chi connectivity index (χ2v) is 6.71. The van der Waals surface area contributed by atoms with E-state index in [0.717, 1.165) is 0 Å². The molecule has 1 atom stereocenters. The van der Waals surface area contributed by atoms with E-state index in [0.29, 0.717) is 24.9 Å². The first kappa shape index (κ1) is 21.3. The van der Waals surface area contributed by atoms with Crippen LogP contribution in [0.15, 0.2) is 35.6 Å². The zero-order valence-corrected chi connectivity index (χ0v) is 15.8. The normalized spacial score (nSPS) is 17.5. The van der Waals surface area contributed by atoms with E-state index in [1.54, 1.807) is 0 Å². The van der Waals surface area contributed by atoms with Crippen molar-refractivity contribution in [3.05, 3.63) is 47.0 Å². The van der Waals surface area contributed by atoms with Gasteiger partial charge in [0.15, 0.2) is 5.78 Å². The number of allylic oxidation sites excluding steroid dienone is 1. The summed E-state index contributed by atoms with van der Waals surface area (Å²) in [6, 6.07) is 5.20. The number of hydrogen-bond acceptors (Lipinski definition) is 6. The van der Waals surface area contributed by atoms with Gasteiger partial charge in [0.25, 0.3) is 5.91 Å². The Labute approximate surface area is 162 Å². The summed E-state index contributed by atoms with van der Waals surface area (Å²) < 4.78 is 18.1. The lowest BCUT2D eigenvalue weighted by molar-refractivity contribution is -0.149. The third-order valence-corrected chi connectivity index (χ3v) is 4.50. The molecule has 1 aromatic rings. The van der Waals surface area contributed by atoms with Gasteiger partial charge in [0.1, 0.15) is 18.2 Å². The Morgan fingerprint density at radius 1 is 1.25 bits per heavy atom.